The molecule has 12 nitrogen and oxygen atoms in total. The highest BCUT2D eigenvalue weighted by atomic mass is 16.6. The van der Waals surface area contributed by atoms with Gasteiger partial charge in [-0.05, 0) is 102 Å². The number of unbranched alkanes of at least 4 members (excludes halogenated alkanes) is 1. The molecule has 3 rings (SSSR count). The van der Waals surface area contributed by atoms with Gasteiger partial charge in [0.2, 0.25) is 5.91 Å². The number of urea groups is 1. The summed E-state index contributed by atoms with van der Waals surface area (Å²) in [6.45, 7) is 12.5. The number of fused-ring (bicyclic) bond motifs is 1. The number of nitrogens with one attached hydrogen (secondary N) is 3. The molecule has 3 aromatic rings. The topological polar surface area (TPSA) is 175 Å². The minimum absolute atomic E-state index is 0.000484. The zero-order chi connectivity index (χ0) is 39.2. The van der Waals surface area contributed by atoms with Gasteiger partial charge in [-0.15, -0.1) is 0 Å². The van der Waals surface area contributed by atoms with E-state index in [4.69, 9.17) is 19.9 Å². The standard InChI is InChI=1S/C41H56N4O8/c1-27-15-17-28(18-16-27)26-51-37(48)33(44-39(50)45-34(38(49)53-41(5,6)7)21-22-35(46)52-40(2,3)4)14-10-11-23-43-36(47)32(42)25-29-19-20-30-12-8-9-13-31(30)24-29/h8-9,12-13,15-20,24,32-34H,10-11,14,21-23,25-26,42H2,1-7H3,(H,43,47)(H2,44,45,50). The predicted octanol–water partition coefficient (Wildman–Crippen LogP) is 5.55. The Morgan fingerprint density at radius 1 is 0.717 bits per heavy atom. The van der Waals surface area contributed by atoms with E-state index in [1.807, 2.05) is 73.7 Å². The van der Waals surface area contributed by atoms with Crippen LogP contribution < -0.4 is 21.7 Å². The molecule has 0 aliphatic rings. The molecule has 0 heterocycles. The molecular weight excluding hydrogens is 676 g/mol. The van der Waals surface area contributed by atoms with Crippen molar-refractivity contribution in [1.82, 2.24) is 16.0 Å². The van der Waals surface area contributed by atoms with Gasteiger partial charge in [0, 0.05) is 13.0 Å². The third-order valence-corrected chi connectivity index (χ3v) is 7.97. The molecule has 3 amide bonds. The van der Waals surface area contributed by atoms with Crippen molar-refractivity contribution in [2.45, 2.75) is 123 Å². The van der Waals surface area contributed by atoms with Crippen LogP contribution in [0.25, 0.3) is 10.8 Å². The van der Waals surface area contributed by atoms with Crippen molar-refractivity contribution >= 4 is 40.6 Å². The van der Waals surface area contributed by atoms with E-state index in [-0.39, 0.29) is 31.8 Å². The van der Waals surface area contributed by atoms with Gasteiger partial charge in [0.25, 0.3) is 0 Å². The summed E-state index contributed by atoms with van der Waals surface area (Å²) >= 11 is 0. The third-order valence-electron chi connectivity index (χ3n) is 7.97. The lowest BCUT2D eigenvalue weighted by atomic mass is 10.0. The van der Waals surface area contributed by atoms with Crippen LogP contribution in [0, 0.1) is 6.92 Å². The Labute approximate surface area is 312 Å². The van der Waals surface area contributed by atoms with Crippen LogP contribution in [-0.4, -0.2) is 65.7 Å². The molecule has 0 saturated carbocycles. The van der Waals surface area contributed by atoms with Crippen LogP contribution in [-0.2, 0) is 46.4 Å². The Bertz CT molecular complexity index is 1690. The van der Waals surface area contributed by atoms with Crippen molar-refractivity contribution < 1.29 is 38.2 Å². The molecule has 5 N–H and O–H groups in total. The number of rotatable bonds is 17. The van der Waals surface area contributed by atoms with Crippen LogP contribution in [0.5, 0.6) is 0 Å². The molecule has 0 aromatic heterocycles. The number of aryl methyl sites for hydroxylation is 1. The second kappa shape index (κ2) is 19.8. The summed E-state index contributed by atoms with van der Waals surface area (Å²) in [5, 5.41) is 10.3. The maximum atomic E-state index is 13.3. The molecule has 3 atom stereocenters. The van der Waals surface area contributed by atoms with E-state index >= 15 is 0 Å². The number of hydrogen-bond acceptors (Lipinski definition) is 9. The van der Waals surface area contributed by atoms with Crippen molar-refractivity contribution in [3.8, 4) is 0 Å². The first kappa shape index (κ1) is 42.4. The van der Waals surface area contributed by atoms with E-state index in [1.54, 1.807) is 41.5 Å². The fraction of sp³-hybridized carbons (Fsp3) is 0.488. The summed E-state index contributed by atoms with van der Waals surface area (Å²) in [6.07, 6.45) is 1.28. The maximum Gasteiger partial charge on any atom is 0.329 e. The Balaban J connectivity index is 1.59. The highest BCUT2D eigenvalue weighted by molar-refractivity contribution is 5.88. The number of nitrogens with two attached hydrogens (primary N) is 1. The molecule has 3 unspecified atom stereocenters. The van der Waals surface area contributed by atoms with Gasteiger partial charge in [-0.3, -0.25) is 9.59 Å². The quantitative estimate of drug-likeness (QED) is 0.0788. The fourth-order valence-corrected chi connectivity index (χ4v) is 5.35. The lowest BCUT2D eigenvalue weighted by Crippen LogP contribution is -2.52. The van der Waals surface area contributed by atoms with E-state index in [0.717, 1.165) is 27.5 Å². The zero-order valence-electron chi connectivity index (χ0n) is 32.1. The first-order valence-electron chi connectivity index (χ1n) is 18.1. The first-order chi connectivity index (χ1) is 24.9. The van der Waals surface area contributed by atoms with Gasteiger partial charge in [0.1, 0.15) is 29.9 Å². The molecule has 0 saturated heterocycles. The summed E-state index contributed by atoms with van der Waals surface area (Å²) in [4.78, 5) is 64.8. The largest absolute Gasteiger partial charge is 0.460 e. The average Bonchev–Trinajstić information content (AvgIpc) is 3.07. The molecule has 0 bridgehead atoms. The Kier molecular flexibility index (Phi) is 15.8. The highest BCUT2D eigenvalue weighted by Gasteiger charge is 2.30. The fourth-order valence-electron chi connectivity index (χ4n) is 5.35. The number of carbonyl (C=O) groups excluding carboxylic acids is 5. The number of benzene rings is 3. The number of amides is 3. The SMILES string of the molecule is Cc1ccc(COC(=O)C(CCCCNC(=O)C(N)Cc2ccc3ccccc3c2)NC(=O)NC(CCC(=O)OC(C)(C)C)C(=O)OC(C)(C)C)cc1. The zero-order valence-corrected chi connectivity index (χ0v) is 32.1. The van der Waals surface area contributed by atoms with Crippen molar-refractivity contribution in [3.05, 3.63) is 83.4 Å². The summed E-state index contributed by atoms with van der Waals surface area (Å²) in [5.74, 6) is -2.22. The van der Waals surface area contributed by atoms with E-state index < -0.39 is 53.3 Å². The molecular formula is C41H56N4O8. The Morgan fingerprint density at radius 3 is 1.96 bits per heavy atom. The van der Waals surface area contributed by atoms with E-state index in [9.17, 15) is 24.0 Å². The van der Waals surface area contributed by atoms with E-state index in [0.29, 0.717) is 25.8 Å². The Morgan fingerprint density at radius 2 is 1.32 bits per heavy atom. The van der Waals surface area contributed by atoms with Gasteiger partial charge in [-0.1, -0.05) is 72.3 Å². The maximum absolute atomic E-state index is 13.3. The van der Waals surface area contributed by atoms with E-state index in [2.05, 4.69) is 16.0 Å². The molecule has 3 aromatic carbocycles. The molecule has 0 aliphatic carbocycles. The summed E-state index contributed by atoms with van der Waals surface area (Å²) < 4.78 is 16.4. The summed E-state index contributed by atoms with van der Waals surface area (Å²) in [5.41, 5.74) is 7.44. The van der Waals surface area contributed by atoms with Gasteiger partial charge in [-0.25, -0.2) is 14.4 Å². The van der Waals surface area contributed by atoms with Crippen LogP contribution >= 0.6 is 0 Å². The number of hydrogen-bond donors (Lipinski definition) is 4. The van der Waals surface area contributed by atoms with Crippen LogP contribution in [0.2, 0.25) is 0 Å². The van der Waals surface area contributed by atoms with Crippen molar-refractivity contribution in [3.63, 3.8) is 0 Å². The van der Waals surface area contributed by atoms with Crippen molar-refractivity contribution in [2.24, 2.45) is 5.73 Å². The number of carbonyl (C=O) groups is 5. The summed E-state index contributed by atoms with van der Waals surface area (Å²) in [6, 6.07) is 17.7. The van der Waals surface area contributed by atoms with Gasteiger partial charge in [-0.2, -0.15) is 0 Å². The number of ether oxygens (including phenoxy) is 3. The highest BCUT2D eigenvalue weighted by Crippen LogP contribution is 2.17. The molecule has 0 fully saturated rings. The van der Waals surface area contributed by atoms with Crippen LogP contribution in [0.3, 0.4) is 0 Å². The van der Waals surface area contributed by atoms with Gasteiger partial charge in [0.05, 0.1) is 6.04 Å². The van der Waals surface area contributed by atoms with E-state index in [1.165, 1.54) is 0 Å². The smallest absolute Gasteiger partial charge is 0.329 e. The molecule has 12 heteroatoms. The first-order valence-corrected chi connectivity index (χ1v) is 18.1. The normalized spacial score (nSPS) is 13.3. The van der Waals surface area contributed by atoms with Crippen LogP contribution in [0.15, 0.2) is 66.7 Å². The average molecular weight is 733 g/mol. The van der Waals surface area contributed by atoms with Crippen LogP contribution in [0.1, 0.15) is 90.3 Å². The minimum atomic E-state index is -1.19. The van der Waals surface area contributed by atoms with Gasteiger partial charge >= 0.3 is 23.9 Å². The third kappa shape index (κ3) is 16.1. The molecule has 288 valence electrons. The Hall–Kier alpha value is -4.97. The second-order valence-corrected chi connectivity index (χ2v) is 15.3. The minimum Gasteiger partial charge on any atom is -0.460 e. The lowest BCUT2D eigenvalue weighted by molar-refractivity contribution is -0.158. The van der Waals surface area contributed by atoms with Crippen molar-refractivity contribution in [1.29, 1.82) is 0 Å². The number of esters is 3. The molecule has 53 heavy (non-hydrogen) atoms. The molecule has 0 spiro atoms. The van der Waals surface area contributed by atoms with Gasteiger partial charge < -0.3 is 35.9 Å². The second-order valence-electron chi connectivity index (χ2n) is 15.3. The monoisotopic (exact) mass is 732 g/mol. The molecule has 0 aliphatic heterocycles. The van der Waals surface area contributed by atoms with Gasteiger partial charge in [0.15, 0.2) is 0 Å². The van der Waals surface area contributed by atoms with Crippen LogP contribution in [0.4, 0.5) is 4.79 Å². The summed E-state index contributed by atoms with van der Waals surface area (Å²) in [7, 11) is 0. The molecule has 0 radical (unpaired) electrons. The van der Waals surface area contributed by atoms with Crippen molar-refractivity contribution in [2.75, 3.05) is 6.54 Å². The predicted molar refractivity (Wildman–Crippen MR) is 204 cm³/mol. The lowest BCUT2D eigenvalue weighted by Gasteiger charge is -2.26.